The van der Waals surface area contributed by atoms with Gasteiger partial charge in [-0.1, -0.05) is 18.7 Å². The van der Waals surface area contributed by atoms with Crippen LogP contribution >= 0.6 is 12.4 Å². The number of carbonyl (C=O) groups is 1. The van der Waals surface area contributed by atoms with Crippen molar-refractivity contribution in [1.82, 2.24) is 0 Å². The maximum Gasteiger partial charge on any atom is 0.241 e. The molecule has 3 N–H and O–H groups in total. The van der Waals surface area contributed by atoms with Crippen molar-refractivity contribution in [2.75, 3.05) is 11.9 Å². The first-order chi connectivity index (χ1) is 7.63. The van der Waals surface area contributed by atoms with Gasteiger partial charge in [0.25, 0.3) is 0 Å². The van der Waals surface area contributed by atoms with Crippen molar-refractivity contribution in [2.24, 2.45) is 5.73 Å². The minimum Gasteiger partial charge on any atom is -0.489 e. The normalized spacial score (nSPS) is 10.9. The number of rotatable bonds is 5. The van der Waals surface area contributed by atoms with Crippen LogP contribution in [0.25, 0.3) is 0 Å². The van der Waals surface area contributed by atoms with Gasteiger partial charge in [0.15, 0.2) is 0 Å². The summed E-state index contributed by atoms with van der Waals surface area (Å²) in [4.78, 5) is 11.3. The minimum absolute atomic E-state index is 0. The number of amides is 1. The van der Waals surface area contributed by atoms with Gasteiger partial charge in [0, 0.05) is 11.8 Å². The molecule has 0 aliphatic carbocycles. The Balaban J connectivity index is 0.00000256. The van der Waals surface area contributed by atoms with E-state index in [-0.39, 0.29) is 18.3 Å². The zero-order chi connectivity index (χ0) is 12.0. The van der Waals surface area contributed by atoms with Gasteiger partial charge in [-0.05, 0) is 19.1 Å². The van der Waals surface area contributed by atoms with E-state index in [1.165, 1.54) is 0 Å². The van der Waals surface area contributed by atoms with Crippen LogP contribution in [0, 0.1) is 0 Å². The highest BCUT2D eigenvalue weighted by Crippen LogP contribution is 2.17. The van der Waals surface area contributed by atoms with E-state index < -0.39 is 6.04 Å². The number of ether oxygens (including phenoxy) is 1. The molecule has 1 amide bonds. The van der Waals surface area contributed by atoms with Crippen molar-refractivity contribution in [3.05, 3.63) is 36.9 Å². The second kappa shape index (κ2) is 7.70. The number of nitrogens with two attached hydrogens (primary N) is 1. The van der Waals surface area contributed by atoms with Crippen LogP contribution in [0.2, 0.25) is 0 Å². The maximum absolute atomic E-state index is 11.3. The number of benzene rings is 1. The van der Waals surface area contributed by atoms with Crippen LogP contribution in [0.3, 0.4) is 0 Å². The van der Waals surface area contributed by atoms with Gasteiger partial charge in [0.05, 0.1) is 6.04 Å². The molecule has 1 aromatic carbocycles. The molecular formula is C12H17ClN2O2. The van der Waals surface area contributed by atoms with Gasteiger partial charge < -0.3 is 15.8 Å². The molecule has 0 saturated carbocycles. The van der Waals surface area contributed by atoms with Gasteiger partial charge in [-0.15, -0.1) is 12.4 Å². The first-order valence-corrected chi connectivity index (χ1v) is 5.03. The maximum atomic E-state index is 11.3. The third kappa shape index (κ3) is 5.38. The van der Waals surface area contributed by atoms with Crippen LogP contribution in [0.1, 0.15) is 6.92 Å². The van der Waals surface area contributed by atoms with Gasteiger partial charge in [-0.25, -0.2) is 0 Å². The summed E-state index contributed by atoms with van der Waals surface area (Å²) in [6.45, 7) is 5.63. The van der Waals surface area contributed by atoms with E-state index >= 15 is 0 Å². The molecule has 0 heterocycles. The first kappa shape index (κ1) is 15.5. The van der Waals surface area contributed by atoms with Crippen LogP contribution in [0.15, 0.2) is 36.9 Å². The van der Waals surface area contributed by atoms with E-state index in [4.69, 9.17) is 10.5 Å². The van der Waals surface area contributed by atoms with Gasteiger partial charge >= 0.3 is 0 Å². The molecular weight excluding hydrogens is 240 g/mol. The van der Waals surface area contributed by atoms with Crippen molar-refractivity contribution in [1.29, 1.82) is 0 Å². The zero-order valence-electron chi connectivity index (χ0n) is 9.68. The second-order valence-electron chi connectivity index (χ2n) is 3.41. The Bertz CT molecular complexity index is 381. The summed E-state index contributed by atoms with van der Waals surface area (Å²) < 4.78 is 5.34. The Morgan fingerprint density at radius 1 is 1.65 bits per heavy atom. The minimum atomic E-state index is -0.530. The van der Waals surface area contributed by atoms with E-state index in [0.717, 1.165) is 0 Å². The van der Waals surface area contributed by atoms with Crippen molar-refractivity contribution in [2.45, 2.75) is 13.0 Å². The van der Waals surface area contributed by atoms with Gasteiger partial charge in [-0.2, -0.15) is 0 Å². The lowest BCUT2D eigenvalue weighted by Crippen LogP contribution is -2.32. The van der Waals surface area contributed by atoms with Crippen molar-refractivity contribution < 1.29 is 9.53 Å². The molecule has 0 radical (unpaired) electrons. The molecule has 94 valence electrons. The number of hydrogen-bond acceptors (Lipinski definition) is 3. The molecule has 0 aliphatic heterocycles. The van der Waals surface area contributed by atoms with Gasteiger partial charge in [-0.3, -0.25) is 4.79 Å². The lowest BCUT2D eigenvalue weighted by atomic mass is 10.2. The highest BCUT2D eigenvalue weighted by molar-refractivity contribution is 5.94. The molecule has 0 bridgehead atoms. The Morgan fingerprint density at radius 2 is 2.35 bits per heavy atom. The van der Waals surface area contributed by atoms with Crippen molar-refractivity contribution in [3.8, 4) is 5.75 Å². The number of nitrogens with one attached hydrogen (secondary N) is 1. The average Bonchev–Trinajstić information content (AvgIpc) is 2.26. The third-order valence-electron chi connectivity index (χ3n) is 1.88. The smallest absolute Gasteiger partial charge is 0.241 e. The fourth-order valence-corrected chi connectivity index (χ4v) is 1.07. The fraction of sp³-hybridized carbons (Fsp3) is 0.250. The number of halogens is 1. The Morgan fingerprint density at radius 3 is 2.94 bits per heavy atom. The van der Waals surface area contributed by atoms with E-state index in [1.807, 2.05) is 6.07 Å². The molecule has 0 unspecified atom stereocenters. The molecule has 0 aromatic heterocycles. The summed E-state index contributed by atoms with van der Waals surface area (Å²) >= 11 is 0. The summed E-state index contributed by atoms with van der Waals surface area (Å²) in [5, 5.41) is 2.69. The molecule has 4 nitrogen and oxygen atoms in total. The first-order valence-electron chi connectivity index (χ1n) is 5.03. The van der Waals surface area contributed by atoms with Gasteiger partial charge in [0.1, 0.15) is 12.4 Å². The highest BCUT2D eigenvalue weighted by Gasteiger charge is 2.07. The van der Waals surface area contributed by atoms with E-state index in [9.17, 15) is 4.79 Å². The van der Waals surface area contributed by atoms with Crippen molar-refractivity contribution in [3.63, 3.8) is 0 Å². The average molecular weight is 257 g/mol. The largest absolute Gasteiger partial charge is 0.489 e. The molecule has 0 aliphatic rings. The zero-order valence-corrected chi connectivity index (χ0v) is 10.5. The van der Waals surface area contributed by atoms with Crippen LogP contribution in [0.5, 0.6) is 5.75 Å². The van der Waals surface area contributed by atoms with Crippen LogP contribution < -0.4 is 15.8 Å². The van der Waals surface area contributed by atoms with Crippen LogP contribution in [-0.4, -0.2) is 18.6 Å². The Kier molecular flexibility index (Phi) is 7.02. The second-order valence-corrected chi connectivity index (χ2v) is 3.41. The molecule has 0 fully saturated rings. The predicted molar refractivity (Wildman–Crippen MR) is 71.7 cm³/mol. The molecule has 17 heavy (non-hydrogen) atoms. The third-order valence-corrected chi connectivity index (χ3v) is 1.88. The topological polar surface area (TPSA) is 64.3 Å². The standard InChI is InChI=1S/C12H16N2O2.ClH/c1-3-7-16-11-6-4-5-10(8-11)14-12(15)9(2)13;/h3-6,8-9H,1,7,13H2,2H3,(H,14,15);1H/t9-;/m1./s1. The monoisotopic (exact) mass is 256 g/mol. The van der Waals surface area contributed by atoms with Gasteiger partial charge in [0.2, 0.25) is 5.91 Å². The summed E-state index contributed by atoms with van der Waals surface area (Å²) in [7, 11) is 0. The molecule has 1 rings (SSSR count). The lowest BCUT2D eigenvalue weighted by Gasteiger charge is -2.09. The van der Waals surface area contributed by atoms with Crippen molar-refractivity contribution >= 4 is 24.0 Å². The van der Waals surface area contributed by atoms with E-state index in [0.29, 0.717) is 18.0 Å². The lowest BCUT2D eigenvalue weighted by molar-refractivity contribution is -0.117. The predicted octanol–water partition coefficient (Wildman–Crippen LogP) is 1.96. The summed E-state index contributed by atoms with van der Waals surface area (Å²) in [6.07, 6.45) is 1.66. The summed E-state index contributed by atoms with van der Waals surface area (Å²) in [6, 6.07) is 6.60. The summed E-state index contributed by atoms with van der Waals surface area (Å²) in [5.74, 6) is 0.461. The van der Waals surface area contributed by atoms with E-state index in [1.54, 1.807) is 31.2 Å². The summed E-state index contributed by atoms with van der Waals surface area (Å²) in [5.41, 5.74) is 6.12. The molecule has 1 aromatic rings. The molecule has 1 atom stereocenters. The quantitative estimate of drug-likeness (QED) is 0.792. The SMILES string of the molecule is C=CCOc1cccc(NC(=O)[C@@H](C)N)c1.Cl. The highest BCUT2D eigenvalue weighted by atomic mass is 35.5. The van der Waals surface area contributed by atoms with E-state index in [2.05, 4.69) is 11.9 Å². The molecule has 5 heteroatoms. The number of hydrogen-bond donors (Lipinski definition) is 2. The fourth-order valence-electron chi connectivity index (χ4n) is 1.07. The molecule has 0 saturated heterocycles. The van der Waals surface area contributed by atoms with Crippen LogP contribution in [0.4, 0.5) is 5.69 Å². The number of anilines is 1. The molecule has 0 spiro atoms. The number of carbonyl (C=O) groups excluding carboxylic acids is 1. The van der Waals surface area contributed by atoms with Crippen LogP contribution in [-0.2, 0) is 4.79 Å². The Hall–Kier alpha value is -1.52. The Labute approximate surface area is 107 Å².